The molecule has 1 aliphatic carbocycles. The molecule has 21 heavy (non-hydrogen) atoms. The van der Waals surface area contributed by atoms with E-state index in [-0.39, 0.29) is 11.9 Å². The molecule has 2 nitrogen and oxygen atoms in total. The number of hydrogen-bond donors (Lipinski definition) is 1. The van der Waals surface area contributed by atoms with Crippen molar-refractivity contribution in [1.29, 1.82) is 0 Å². The van der Waals surface area contributed by atoms with E-state index < -0.39 is 0 Å². The van der Waals surface area contributed by atoms with Gasteiger partial charge < -0.3 is 9.73 Å². The number of hydrogen-bond acceptors (Lipinski definition) is 2. The van der Waals surface area contributed by atoms with E-state index in [1.807, 2.05) is 19.1 Å². The number of rotatable bonds is 4. The highest BCUT2D eigenvalue weighted by atomic mass is 19.1. The van der Waals surface area contributed by atoms with Crippen LogP contribution in [0.3, 0.4) is 0 Å². The molecule has 0 aliphatic heterocycles. The van der Waals surface area contributed by atoms with Gasteiger partial charge in [-0.1, -0.05) is 18.2 Å². The molecule has 1 atom stereocenters. The molecule has 1 heterocycles. The lowest BCUT2D eigenvalue weighted by atomic mass is 9.75. The van der Waals surface area contributed by atoms with Gasteiger partial charge in [0.05, 0.1) is 6.04 Å². The Hall–Kier alpha value is -1.61. The summed E-state index contributed by atoms with van der Waals surface area (Å²) in [5.74, 6) is 2.23. The van der Waals surface area contributed by atoms with Gasteiger partial charge in [-0.25, -0.2) is 4.39 Å². The molecule has 1 aromatic carbocycles. The van der Waals surface area contributed by atoms with E-state index in [1.165, 1.54) is 5.56 Å². The van der Waals surface area contributed by atoms with Gasteiger partial charge in [-0.05, 0) is 62.8 Å². The van der Waals surface area contributed by atoms with Gasteiger partial charge >= 0.3 is 0 Å². The van der Waals surface area contributed by atoms with Crippen molar-refractivity contribution < 1.29 is 8.81 Å². The molecular weight excluding hydrogens is 265 g/mol. The van der Waals surface area contributed by atoms with Crippen molar-refractivity contribution in [3.8, 4) is 0 Å². The maximum Gasteiger partial charge on any atom is 0.126 e. The second-order valence-electron chi connectivity index (χ2n) is 6.16. The molecule has 1 aromatic heterocycles. The topological polar surface area (TPSA) is 25.2 Å². The van der Waals surface area contributed by atoms with E-state index in [9.17, 15) is 4.39 Å². The van der Waals surface area contributed by atoms with E-state index in [0.717, 1.165) is 29.9 Å². The Bertz CT molecular complexity index is 608. The fourth-order valence-corrected chi connectivity index (χ4v) is 3.06. The van der Waals surface area contributed by atoms with Crippen molar-refractivity contribution >= 4 is 0 Å². The second kappa shape index (κ2) is 5.64. The average Bonchev–Trinajstić information content (AvgIpc) is 2.75. The van der Waals surface area contributed by atoms with Gasteiger partial charge in [0.2, 0.25) is 0 Å². The number of aryl methyl sites for hydroxylation is 2. The largest absolute Gasteiger partial charge is 0.464 e. The number of benzene rings is 1. The summed E-state index contributed by atoms with van der Waals surface area (Å²) in [5, 5.41) is 3.58. The first-order valence-electron chi connectivity index (χ1n) is 7.62. The summed E-state index contributed by atoms with van der Waals surface area (Å²) in [6, 6.07) is 9.85. The fourth-order valence-electron chi connectivity index (χ4n) is 3.06. The summed E-state index contributed by atoms with van der Waals surface area (Å²) in [4.78, 5) is 0. The SMILES string of the molecule is Cc1cc(C(C)NC2CC(c3ccccc3F)C2)oc1C. The van der Waals surface area contributed by atoms with Crippen LogP contribution in [0.15, 0.2) is 34.7 Å². The molecule has 0 spiro atoms. The van der Waals surface area contributed by atoms with Crippen LogP contribution in [-0.2, 0) is 0 Å². The first-order chi connectivity index (χ1) is 10.0. The maximum atomic E-state index is 13.7. The van der Waals surface area contributed by atoms with Crippen molar-refractivity contribution in [3.05, 3.63) is 58.8 Å². The van der Waals surface area contributed by atoms with Gasteiger partial charge in [0.1, 0.15) is 17.3 Å². The van der Waals surface area contributed by atoms with Crippen molar-refractivity contribution in [2.24, 2.45) is 0 Å². The van der Waals surface area contributed by atoms with Crippen molar-refractivity contribution in [2.45, 2.75) is 51.6 Å². The first kappa shape index (κ1) is 14.3. The molecule has 112 valence electrons. The molecule has 3 heteroatoms. The molecule has 0 bridgehead atoms. The molecule has 1 fully saturated rings. The van der Waals surface area contributed by atoms with E-state index in [1.54, 1.807) is 12.1 Å². The standard InChI is InChI=1S/C18H22FNO/c1-11-8-18(21-13(11)3)12(2)20-15-9-14(10-15)16-6-4-5-7-17(16)19/h4-8,12,14-15,20H,9-10H2,1-3H3. The molecule has 1 aliphatic rings. The monoisotopic (exact) mass is 287 g/mol. The molecule has 1 saturated carbocycles. The molecule has 0 radical (unpaired) electrons. The lowest BCUT2D eigenvalue weighted by Crippen LogP contribution is -2.41. The van der Waals surface area contributed by atoms with Crippen LogP contribution in [0.2, 0.25) is 0 Å². The molecule has 1 N–H and O–H groups in total. The van der Waals surface area contributed by atoms with Gasteiger partial charge in [-0.2, -0.15) is 0 Å². The molecule has 1 unspecified atom stereocenters. The summed E-state index contributed by atoms with van der Waals surface area (Å²) < 4.78 is 19.5. The molecular formula is C18H22FNO. The Balaban J connectivity index is 1.56. The minimum atomic E-state index is -0.0775. The van der Waals surface area contributed by atoms with E-state index in [0.29, 0.717) is 12.0 Å². The van der Waals surface area contributed by atoms with Crippen LogP contribution in [0.1, 0.15) is 54.4 Å². The zero-order chi connectivity index (χ0) is 15.0. The van der Waals surface area contributed by atoms with Crippen LogP contribution in [0.25, 0.3) is 0 Å². The highest BCUT2D eigenvalue weighted by Gasteiger charge is 2.33. The Labute approximate surface area is 125 Å². The Morgan fingerprint density at radius 1 is 1.24 bits per heavy atom. The van der Waals surface area contributed by atoms with Crippen LogP contribution in [-0.4, -0.2) is 6.04 Å². The van der Waals surface area contributed by atoms with E-state index in [2.05, 4.69) is 25.2 Å². The smallest absolute Gasteiger partial charge is 0.126 e. The second-order valence-corrected chi connectivity index (χ2v) is 6.16. The predicted molar refractivity (Wildman–Crippen MR) is 81.9 cm³/mol. The van der Waals surface area contributed by atoms with Crippen molar-refractivity contribution in [3.63, 3.8) is 0 Å². The van der Waals surface area contributed by atoms with Crippen LogP contribution < -0.4 is 5.32 Å². The zero-order valence-corrected chi connectivity index (χ0v) is 12.8. The zero-order valence-electron chi connectivity index (χ0n) is 12.8. The Morgan fingerprint density at radius 3 is 2.57 bits per heavy atom. The normalized spacial score (nSPS) is 22.9. The summed E-state index contributed by atoms with van der Waals surface area (Å²) in [6.07, 6.45) is 1.98. The third-order valence-corrected chi connectivity index (χ3v) is 4.58. The minimum absolute atomic E-state index is 0.0775. The maximum absolute atomic E-state index is 13.7. The third-order valence-electron chi connectivity index (χ3n) is 4.58. The lowest BCUT2D eigenvalue weighted by molar-refractivity contribution is 0.254. The highest BCUT2D eigenvalue weighted by Crippen LogP contribution is 2.39. The summed E-state index contributed by atoms with van der Waals surface area (Å²) in [7, 11) is 0. The fraction of sp³-hybridized carbons (Fsp3) is 0.444. The number of furan rings is 1. The summed E-state index contributed by atoms with van der Waals surface area (Å²) in [6.45, 7) is 6.17. The van der Waals surface area contributed by atoms with Gasteiger partial charge in [0, 0.05) is 6.04 Å². The van der Waals surface area contributed by atoms with Gasteiger partial charge in [0.25, 0.3) is 0 Å². The average molecular weight is 287 g/mol. The molecule has 3 rings (SSSR count). The van der Waals surface area contributed by atoms with Crippen molar-refractivity contribution in [1.82, 2.24) is 5.32 Å². The first-order valence-corrected chi connectivity index (χ1v) is 7.62. The van der Waals surface area contributed by atoms with Crippen LogP contribution >= 0.6 is 0 Å². The number of halogens is 1. The quantitative estimate of drug-likeness (QED) is 0.886. The predicted octanol–water partition coefficient (Wildman–Crippen LogP) is 4.63. The van der Waals surface area contributed by atoms with Crippen LogP contribution in [0.5, 0.6) is 0 Å². The van der Waals surface area contributed by atoms with Gasteiger partial charge in [-0.3, -0.25) is 0 Å². The van der Waals surface area contributed by atoms with Crippen molar-refractivity contribution in [2.75, 3.05) is 0 Å². The molecule has 2 aromatic rings. The Kier molecular flexibility index (Phi) is 3.85. The minimum Gasteiger partial charge on any atom is -0.464 e. The molecule has 0 saturated heterocycles. The lowest BCUT2D eigenvalue weighted by Gasteiger charge is -2.38. The third kappa shape index (κ3) is 2.88. The summed E-state index contributed by atoms with van der Waals surface area (Å²) in [5.41, 5.74) is 2.05. The van der Waals surface area contributed by atoms with Gasteiger partial charge in [-0.15, -0.1) is 0 Å². The van der Waals surface area contributed by atoms with E-state index >= 15 is 0 Å². The van der Waals surface area contributed by atoms with Crippen LogP contribution in [0, 0.1) is 19.7 Å². The van der Waals surface area contributed by atoms with Gasteiger partial charge in [0.15, 0.2) is 0 Å². The Morgan fingerprint density at radius 2 is 1.95 bits per heavy atom. The molecule has 0 amide bonds. The van der Waals surface area contributed by atoms with E-state index in [4.69, 9.17) is 4.42 Å². The highest BCUT2D eigenvalue weighted by molar-refractivity contribution is 5.25. The number of nitrogens with one attached hydrogen (secondary N) is 1. The van der Waals surface area contributed by atoms with Crippen LogP contribution in [0.4, 0.5) is 4.39 Å². The summed E-state index contributed by atoms with van der Waals surface area (Å²) >= 11 is 0.